The zero-order valence-corrected chi connectivity index (χ0v) is 11.3. The molecule has 0 saturated heterocycles. The minimum absolute atomic E-state index is 0.621. The second-order valence-electron chi connectivity index (χ2n) is 4.22. The molecule has 0 saturated carbocycles. The molecule has 0 N–H and O–H groups in total. The summed E-state index contributed by atoms with van der Waals surface area (Å²) in [6.07, 6.45) is 0. The van der Waals surface area contributed by atoms with E-state index < -0.39 is 0 Å². The molecule has 4 nitrogen and oxygen atoms in total. The third-order valence-corrected chi connectivity index (χ3v) is 2.38. The Labute approximate surface area is 104 Å². The van der Waals surface area contributed by atoms with Crippen LogP contribution in [0.3, 0.4) is 0 Å². The summed E-state index contributed by atoms with van der Waals surface area (Å²) in [5, 5.41) is 0. The van der Waals surface area contributed by atoms with E-state index in [1.807, 2.05) is 62.3 Å². The van der Waals surface area contributed by atoms with Crippen LogP contribution >= 0.6 is 0 Å². The summed E-state index contributed by atoms with van der Waals surface area (Å²) < 4.78 is 5.30. The normalized spacial score (nSPS) is 9.71. The monoisotopic (exact) mass is 235 g/mol. The van der Waals surface area contributed by atoms with Gasteiger partial charge in [0.2, 0.25) is 0 Å². The van der Waals surface area contributed by atoms with Gasteiger partial charge in [-0.25, -0.2) is 4.99 Å². The van der Waals surface area contributed by atoms with Crippen molar-refractivity contribution in [3.05, 3.63) is 29.8 Å². The highest BCUT2D eigenvalue weighted by atomic mass is 16.5. The van der Waals surface area contributed by atoms with Crippen molar-refractivity contribution in [3.63, 3.8) is 0 Å². The Kier molecular flexibility index (Phi) is 4.82. The van der Waals surface area contributed by atoms with Crippen molar-refractivity contribution in [2.45, 2.75) is 6.54 Å². The lowest BCUT2D eigenvalue weighted by molar-refractivity contribution is 0.409. The van der Waals surface area contributed by atoms with Crippen LogP contribution in [0.2, 0.25) is 0 Å². The fraction of sp³-hybridized carbons (Fsp3) is 0.462. The van der Waals surface area contributed by atoms with Crippen LogP contribution in [0.5, 0.6) is 5.75 Å². The minimum atomic E-state index is 0.621. The van der Waals surface area contributed by atoms with Crippen LogP contribution in [0.15, 0.2) is 29.3 Å². The molecule has 0 radical (unpaired) electrons. The Morgan fingerprint density at radius 2 is 1.71 bits per heavy atom. The fourth-order valence-corrected chi connectivity index (χ4v) is 1.67. The molecule has 0 aliphatic rings. The highest BCUT2D eigenvalue weighted by molar-refractivity contribution is 5.79. The molecule has 0 spiro atoms. The molecule has 94 valence electrons. The quantitative estimate of drug-likeness (QED) is 0.589. The molecule has 1 aromatic rings. The SMILES string of the molecule is COc1ccccc1CN=C(N(C)C)N(C)C. The van der Waals surface area contributed by atoms with Crippen molar-refractivity contribution in [1.29, 1.82) is 0 Å². The molecule has 0 aliphatic heterocycles. The molecular formula is C13H21N3O. The van der Waals surface area contributed by atoms with Crippen LogP contribution in [0.1, 0.15) is 5.56 Å². The third kappa shape index (κ3) is 3.66. The van der Waals surface area contributed by atoms with E-state index in [0.717, 1.165) is 17.3 Å². The van der Waals surface area contributed by atoms with Crippen molar-refractivity contribution in [2.24, 2.45) is 4.99 Å². The van der Waals surface area contributed by atoms with E-state index in [2.05, 4.69) is 4.99 Å². The number of rotatable bonds is 3. The molecule has 0 fully saturated rings. The number of aliphatic imine (C=N–C) groups is 1. The van der Waals surface area contributed by atoms with Gasteiger partial charge in [0.1, 0.15) is 5.75 Å². The molecule has 17 heavy (non-hydrogen) atoms. The second kappa shape index (κ2) is 6.13. The largest absolute Gasteiger partial charge is 0.496 e. The van der Waals surface area contributed by atoms with Crippen LogP contribution < -0.4 is 4.74 Å². The zero-order valence-electron chi connectivity index (χ0n) is 11.3. The van der Waals surface area contributed by atoms with Gasteiger partial charge in [-0.3, -0.25) is 0 Å². The standard InChI is InChI=1S/C13H21N3O/c1-15(2)13(16(3)4)14-10-11-8-6-7-9-12(11)17-5/h6-9H,10H2,1-5H3. The highest BCUT2D eigenvalue weighted by Gasteiger charge is 2.05. The lowest BCUT2D eigenvalue weighted by Gasteiger charge is -2.22. The van der Waals surface area contributed by atoms with Gasteiger partial charge in [-0.2, -0.15) is 0 Å². The number of para-hydroxylation sites is 1. The molecule has 0 bridgehead atoms. The molecule has 0 amide bonds. The van der Waals surface area contributed by atoms with E-state index in [4.69, 9.17) is 4.74 Å². The molecule has 1 rings (SSSR count). The van der Waals surface area contributed by atoms with Crippen LogP contribution in [0.4, 0.5) is 0 Å². The van der Waals surface area contributed by atoms with Crippen molar-refractivity contribution >= 4 is 5.96 Å². The van der Waals surface area contributed by atoms with Gasteiger partial charge in [0.25, 0.3) is 0 Å². The van der Waals surface area contributed by atoms with Gasteiger partial charge in [0.05, 0.1) is 13.7 Å². The third-order valence-electron chi connectivity index (χ3n) is 2.38. The van der Waals surface area contributed by atoms with Crippen LogP contribution in [0, 0.1) is 0 Å². The second-order valence-corrected chi connectivity index (χ2v) is 4.22. The number of hydrogen-bond acceptors (Lipinski definition) is 2. The Morgan fingerprint density at radius 3 is 2.24 bits per heavy atom. The van der Waals surface area contributed by atoms with Gasteiger partial charge in [-0.1, -0.05) is 18.2 Å². The topological polar surface area (TPSA) is 28.1 Å². The number of methoxy groups -OCH3 is 1. The Morgan fingerprint density at radius 1 is 1.12 bits per heavy atom. The molecule has 1 aromatic carbocycles. The van der Waals surface area contributed by atoms with E-state index in [1.54, 1.807) is 7.11 Å². The average Bonchev–Trinajstić information content (AvgIpc) is 2.29. The smallest absolute Gasteiger partial charge is 0.195 e. The Balaban J connectivity index is 2.87. The molecule has 0 aliphatic carbocycles. The maximum absolute atomic E-state index is 5.30. The van der Waals surface area contributed by atoms with Gasteiger partial charge in [0.15, 0.2) is 5.96 Å². The van der Waals surface area contributed by atoms with Crippen LogP contribution in [0.25, 0.3) is 0 Å². The number of guanidine groups is 1. The molecule has 0 atom stereocenters. The lowest BCUT2D eigenvalue weighted by Crippen LogP contribution is -2.35. The Bertz CT molecular complexity index is 376. The first kappa shape index (κ1) is 13.4. The summed E-state index contributed by atoms with van der Waals surface area (Å²) in [5.74, 6) is 1.82. The predicted molar refractivity (Wildman–Crippen MR) is 71.5 cm³/mol. The highest BCUT2D eigenvalue weighted by Crippen LogP contribution is 2.18. The minimum Gasteiger partial charge on any atom is -0.496 e. The van der Waals surface area contributed by atoms with Gasteiger partial charge in [-0.15, -0.1) is 0 Å². The predicted octanol–water partition coefficient (Wildman–Crippen LogP) is 1.67. The molecule has 4 heteroatoms. The van der Waals surface area contributed by atoms with E-state index in [-0.39, 0.29) is 0 Å². The van der Waals surface area contributed by atoms with E-state index >= 15 is 0 Å². The summed E-state index contributed by atoms with van der Waals surface area (Å²) in [4.78, 5) is 8.58. The molecular weight excluding hydrogens is 214 g/mol. The van der Waals surface area contributed by atoms with E-state index in [0.29, 0.717) is 6.54 Å². The molecule has 0 unspecified atom stereocenters. The maximum Gasteiger partial charge on any atom is 0.195 e. The van der Waals surface area contributed by atoms with Crippen LogP contribution in [-0.2, 0) is 6.54 Å². The molecule has 0 heterocycles. The first-order valence-electron chi connectivity index (χ1n) is 5.57. The van der Waals surface area contributed by atoms with Gasteiger partial charge in [-0.05, 0) is 6.07 Å². The van der Waals surface area contributed by atoms with Gasteiger partial charge >= 0.3 is 0 Å². The maximum atomic E-state index is 5.30. The van der Waals surface area contributed by atoms with E-state index in [1.165, 1.54) is 0 Å². The van der Waals surface area contributed by atoms with Crippen molar-refractivity contribution in [1.82, 2.24) is 9.80 Å². The first-order chi connectivity index (χ1) is 8.06. The number of nitrogens with zero attached hydrogens (tertiary/aromatic N) is 3. The average molecular weight is 235 g/mol. The number of hydrogen-bond donors (Lipinski definition) is 0. The van der Waals surface area contributed by atoms with Crippen molar-refractivity contribution < 1.29 is 4.74 Å². The summed E-state index contributed by atoms with van der Waals surface area (Å²) in [6, 6.07) is 7.95. The fourth-order valence-electron chi connectivity index (χ4n) is 1.67. The van der Waals surface area contributed by atoms with E-state index in [9.17, 15) is 0 Å². The summed E-state index contributed by atoms with van der Waals surface area (Å²) in [5.41, 5.74) is 1.09. The van der Waals surface area contributed by atoms with Gasteiger partial charge < -0.3 is 14.5 Å². The zero-order chi connectivity index (χ0) is 12.8. The Hall–Kier alpha value is -1.71. The van der Waals surface area contributed by atoms with Crippen molar-refractivity contribution in [3.8, 4) is 5.75 Å². The summed E-state index contributed by atoms with van der Waals surface area (Å²) in [6.45, 7) is 0.621. The van der Waals surface area contributed by atoms with Crippen molar-refractivity contribution in [2.75, 3.05) is 35.3 Å². The lowest BCUT2D eigenvalue weighted by atomic mass is 10.2. The summed E-state index contributed by atoms with van der Waals surface area (Å²) >= 11 is 0. The van der Waals surface area contributed by atoms with Gasteiger partial charge in [0, 0.05) is 33.8 Å². The van der Waals surface area contributed by atoms with Crippen LogP contribution in [-0.4, -0.2) is 51.1 Å². The number of ether oxygens (including phenoxy) is 1. The first-order valence-corrected chi connectivity index (χ1v) is 5.57. The summed E-state index contributed by atoms with van der Waals surface area (Å²) in [7, 11) is 9.63. The number of benzene rings is 1. The molecule has 0 aromatic heterocycles.